The minimum atomic E-state index is 0.199. The second kappa shape index (κ2) is 4.77. The molecule has 0 heterocycles. The Morgan fingerprint density at radius 3 is 2.11 bits per heavy atom. The molecular formula is C7H16O2. The third-order valence-electron chi connectivity index (χ3n) is 1.46. The standard InChI is InChI=1S/C7H16O2/c1-5-9-7(3)6(2)8-4/h6-7H,5H2,1-4H3. The second-order valence-corrected chi connectivity index (χ2v) is 2.10. The molecule has 2 unspecified atom stereocenters. The molecule has 2 nitrogen and oxygen atoms in total. The van der Waals surface area contributed by atoms with Crippen LogP contribution in [0.3, 0.4) is 0 Å². The highest BCUT2D eigenvalue weighted by Gasteiger charge is 2.09. The lowest BCUT2D eigenvalue weighted by Gasteiger charge is -2.17. The van der Waals surface area contributed by atoms with E-state index in [1.54, 1.807) is 7.11 Å². The Labute approximate surface area is 57.2 Å². The summed E-state index contributed by atoms with van der Waals surface area (Å²) in [5, 5.41) is 0. The van der Waals surface area contributed by atoms with Crippen LogP contribution in [0.5, 0.6) is 0 Å². The maximum Gasteiger partial charge on any atom is 0.0805 e. The monoisotopic (exact) mass is 132 g/mol. The van der Waals surface area contributed by atoms with Gasteiger partial charge in [0.1, 0.15) is 0 Å². The molecule has 0 saturated heterocycles. The van der Waals surface area contributed by atoms with Crippen molar-refractivity contribution in [1.82, 2.24) is 0 Å². The molecular weight excluding hydrogens is 116 g/mol. The van der Waals surface area contributed by atoms with E-state index in [1.165, 1.54) is 0 Å². The maximum absolute atomic E-state index is 5.27. The van der Waals surface area contributed by atoms with Gasteiger partial charge in [-0.3, -0.25) is 0 Å². The lowest BCUT2D eigenvalue weighted by Crippen LogP contribution is -2.24. The van der Waals surface area contributed by atoms with Gasteiger partial charge in [0.15, 0.2) is 0 Å². The van der Waals surface area contributed by atoms with Gasteiger partial charge in [-0.1, -0.05) is 0 Å². The highest BCUT2D eigenvalue weighted by molar-refractivity contribution is 4.57. The van der Waals surface area contributed by atoms with E-state index in [4.69, 9.17) is 9.47 Å². The first-order valence-corrected chi connectivity index (χ1v) is 3.36. The molecule has 0 rings (SSSR count). The molecule has 9 heavy (non-hydrogen) atoms. The Morgan fingerprint density at radius 2 is 1.78 bits per heavy atom. The molecule has 0 aliphatic carbocycles. The first-order chi connectivity index (χ1) is 4.22. The summed E-state index contributed by atoms with van der Waals surface area (Å²) < 4.78 is 10.3. The van der Waals surface area contributed by atoms with Crippen LogP contribution in [0.2, 0.25) is 0 Å². The summed E-state index contributed by atoms with van der Waals surface area (Å²) in [5.74, 6) is 0. The quantitative estimate of drug-likeness (QED) is 0.576. The molecule has 2 atom stereocenters. The van der Waals surface area contributed by atoms with Crippen LogP contribution in [0.1, 0.15) is 20.8 Å². The largest absolute Gasteiger partial charge is 0.379 e. The van der Waals surface area contributed by atoms with Crippen molar-refractivity contribution in [1.29, 1.82) is 0 Å². The van der Waals surface area contributed by atoms with Crippen molar-refractivity contribution in [2.24, 2.45) is 0 Å². The molecule has 0 bridgehead atoms. The predicted molar refractivity (Wildman–Crippen MR) is 37.6 cm³/mol. The van der Waals surface area contributed by atoms with Crippen LogP contribution in [0.25, 0.3) is 0 Å². The van der Waals surface area contributed by atoms with Crippen molar-refractivity contribution in [3.63, 3.8) is 0 Å². The van der Waals surface area contributed by atoms with Gasteiger partial charge in [0.25, 0.3) is 0 Å². The zero-order valence-corrected chi connectivity index (χ0v) is 6.68. The van der Waals surface area contributed by atoms with Crippen LogP contribution >= 0.6 is 0 Å². The summed E-state index contributed by atoms with van der Waals surface area (Å²) in [6.45, 7) is 6.76. The molecule has 56 valence electrons. The number of hydrogen-bond acceptors (Lipinski definition) is 2. The Balaban J connectivity index is 3.32. The van der Waals surface area contributed by atoms with Gasteiger partial charge in [-0.25, -0.2) is 0 Å². The number of rotatable bonds is 4. The smallest absolute Gasteiger partial charge is 0.0805 e. The van der Waals surface area contributed by atoms with Crippen molar-refractivity contribution >= 4 is 0 Å². The van der Waals surface area contributed by atoms with Crippen LogP contribution < -0.4 is 0 Å². The molecule has 0 aliphatic rings. The summed E-state index contributed by atoms with van der Waals surface area (Å²) in [5.41, 5.74) is 0. The highest BCUT2D eigenvalue weighted by Crippen LogP contribution is 2.00. The first-order valence-electron chi connectivity index (χ1n) is 3.36. The third-order valence-corrected chi connectivity index (χ3v) is 1.46. The normalized spacial score (nSPS) is 17.3. The van der Waals surface area contributed by atoms with Crippen LogP contribution in [-0.2, 0) is 9.47 Å². The average Bonchev–Trinajstić information content (AvgIpc) is 1.87. The first kappa shape index (κ1) is 8.92. The van der Waals surface area contributed by atoms with Gasteiger partial charge in [-0.15, -0.1) is 0 Å². The molecule has 0 radical (unpaired) electrons. The van der Waals surface area contributed by atoms with E-state index in [2.05, 4.69) is 0 Å². The van der Waals surface area contributed by atoms with Gasteiger partial charge < -0.3 is 9.47 Å². The number of ether oxygens (including phenoxy) is 2. The molecule has 0 saturated carbocycles. The summed E-state index contributed by atoms with van der Waals surface area (Å²) >= 11 is 0. The van der Waals surface area contributed by atoms with Gasteiger partial charge in [-0.2, -0.15) is 0 Å². The second-order valence-electron chi connectivity index (χ2n) is 2.10. The minimum Gasteiger partial charge on any atom is -0.379 e. The van der Waals surface area contributed by atoms with Crippen LogP contribution in [0.4, 0.5) is 0 Å². The Bertz CT molecular complexity index is 63.9. The van der Waals surface area contributed by atoms with Gasteiger partial charge >= 0.3 is 0 Å². The van der Waals surface area contributed by atoms with Crippen LogP contribution in [-0.4, -0.2) is 25.9 Å². The third kappa shape index (κ3) is 3.49. The van der Waals surface area contributed by atoms with Crippen molar-refractivity contribution < 1.29 is 9.47 Å². The highest BCUT2D eigenvalue weighted by atomic mass is 16.5. The van der Waals surface area contributed by atoms with Crippen molar-refractivity contribution in [3.8, 4) is 0 Å². The molecule has 0 fully saturated rings. The van der Waals surface area contributed by atoms with E-state index in [0.717, 1.165) is 6.61 Å². The van der Waals surface area contributed by atoms with Gasteiger partial charge in [0.2, 0.25) is 0 Å². The molecule has 0 amide bonds. The molecule has 0 N–H and O–H groups in total. The summed E-state index contributed by atoms with van der Waals surface area (Å²) in [7, 11) is 1.69. The summed E-state index contributed by atoms with van der Waals surface area (Å²) in [6, 6.07) is 0. The molecule has 0 aromatic heterocycles. The van der Waals surface area contributed by atoms with Gasteiger partial charge in [0.05, 0.1) is 12.2 Å². The molecule has 0 spiro atoms. The van der Waals surface area contributed by atoms with Crippen molar-refractivity contribution in [3.05, 3.63) is 0 Å². The van der Waals surface area contributed by atoms with E-state index >= 15 is 0 Å². The van der Waals surface area contributed by atoms with Gasteiger partial charge in [0, 0.05) is 13.7 Å². The fourth-order valence-electron chi connectivity index (χ4n) is 0.590. The van der Waals surface area contributed by atoms with Crippen molar-refractivity contribution in [2.45, 2.75) is 33.0 Å². The zero-order valence-electron chi connectivity index (χ0n) is 6.68. The topological polar surface area (TPSA) is 18.5 Å². The van der Waals surface area contributed by atoms with E-state index in [1.807, 2.05) is 20.8 Å². The van der Waals surface area contributed by atoms with Crippen LogP contribution in [0, 0.1) is 0 Å². The maximum atomic E-state index is 5.27. The number of methoxy groups -OCH3 is 1. The molecule has 2 heteroatoms. The molecule has 0 aliphatic heterocycles. The number of hydrogen-bond donors (Lipinski definition) is 0. The fourth-order valence-corrected chi connectivity index (χ4v) is 0.590. The zero-order chi connectivity index (χ0) is 7.28. The lowest BCUT2D eigenvalue weighted by atomic mass is 10.2. The van der Waals surface area contributed by atoms with Crippen molar-refractivity contribution in [2.75, 3.05) is 13.7 Å². The van der Waals surface area contributed by atoms with E-state index < -0.39 is 0 Å². The van der Waals surface area contributed by atoms with E-state index in [9.17, 15) is 0 Å². The molecule has 0 aromatic rings. The Kier molecular flexibility index (Phi) is 4.72. The predicted octanol–water partition coefficient (Wildman–Crippen LogP) is 1.45. The average molecular weight is 132 g/mol. The van der Waals surface area contributed by atoms with Crippen LogP contribution in [0.15, 0.2) is 0 Å². The lowest BCUT2D eigenvalue weighted by molar-refractivity contribution is -0.0336. The summed E-state index contributed by atoms with van der Waals surface area (Å²) in [6.07, 6.45) is 0.407. The van der Waals surface area contributed by atoms with E-state index in [-0.39, 0.29) is 12.2 Å². The fraction of sp³-hybridized carbons (Fsp3) is 1.00. The molecule has 0 aromatic carbocycles. The SMILES string of the molecule is CCOC(C)C(C)OC. The minimum absolute atomic E-state index is 0.199. The Hall–Kier alpha value is -0.0800. The van der Waals surface area contributed by atoms with E-state index in [0.29, 0.717) is 0 Å². The summed E-state index contributed by atoms with van der Waals surface area (Å²) in [4.78, 5) is 0. The van der Waals surface area contributed by atoms with Gasteiger partial charge in [-0.05, 0) is 20.8 Å². The Morgan fingerprint density at radius 1 is 1.22 bits per heavy atom.